The van der Waals surface area contributed by atoms with Crippen molar-refractivity contribution in [2.24, 2.45) is 5.92 Å². The quantitative estimate of drug-likeness (QED) is 0.252. The number of carbonyl (C=O) groups is 3. The molecular weight excluding hydrogens is 626 g/mol. The third kappa shape index (κ3) is 5.47. The normalized spacial score (nSPS) is 27.1. The first-order chi connectivity index (χ1) is 23.0. The Morgan fingerprint density at radius 1 is 1.02 bits per heavy atom. The van der Waals surface area contributed by atoms with Crippen molar-refractivity contribution in [1.29, 1.82) is 0 Å². The monoisotopic (exact) mass is 669 g/mol. The molecule has 0 saturated carbocycles. The highest BCUT2D eigenvalue weighted by Gasteiger charge is 2.67. The fourth-order valence-electron chi connectivity index (χ4n) is 8.74. The van der Waals surface area contributed by atoms with Crippen LogP contribution in [0, 0.1) is 5.92 Å². The molecule has 0 aliphatic carbocycles. The molecule has 4 heterocycles. The van der Waals surface area contributed by atoms with Crippen LogP contribution in [0.5, 0.6) is 0 Å². The Balaban J connectivity index is 1.28. The minimum absolute atomic E-state index is 0.0429. The smallest absolute Gasteiger partial charge is 0.264 e. The van der Waals surface area contributed by atoms with Gasteiger partial charge in [0, 0.05) is 42.2 Å². The van der Waals surface area contributed by atoms with E-state index in [1.54, 1.807) is 27.8 Å². The first-order valence-electron chi connectivity index (χ1n) is 17.2. The van der Waals surface area contributed by atoms with Crippen LogP contribution < -0.4 is 9.80 Å². The molecule has 2 fully saturated rings. The second kappa shape index (κ2) is 12.5. The molecule has 3 amide bonds. The van der Waals surface area contributed by atoms with Crippen LogP contribution in [0.1, 0.15) is 54.9 Å². The summed E-state index contributed by atoms with van der Waals surface area (Å²) >= 11 is 0. The maximum Gasteiger partial charge on any atom is 0.264 e. The van der Waals surface area contributed by atoms with Crippen molar-refractivity contribution in [2.75, 3.05) is 23.0 Å². The van der Waals surface area contributed by atoms with Gasteiger partial charge in [-0.3, -0.25) is 14.4 Å². The van der Waals surface area contributed by atoms with Crippen LogP contribution in [0.4, 0.5) is 15.5 Å². The molecule has 3 aromatic carbocycles. The fourth-order valence-corrected chi connectivity index (χ4v) is 11.2. The molecule has 0 unspecified atom stereocenters. The predicted octanol–water partition coefficient (Wildman–Crippen LogP) is 5.86. The van der Waals surface area contributed by atoms with Gasteiger partial charge in [0.15, 0.2) is 5.60 Å². The summed E-state index contributed by atoms with van der Waals surface area (Å²) < 4.78 is 23.5. The molecule has 4 aliphatic heterocycles. The summed E-state index contributed by atoms with van der Waals surface area (Å²) in [5, 5.41) is 10.3. The summed E-state index contributed by atoms with van der Waals surface area (Å²) in [6.45, 7) is 6.23. The number of piperidine rings is 1. The zero-order valence-electron chi connectivity index (χ0n) is 27.9. The molecule has 252 valence electrons. The number of fused-ring (bicyclic) bond motifs is 3. The number of halogens is 1. The molecule has 4 aliphatic rings. The van der Waals surface area contributed by atoms with E-state index in [2.05, 4.69) is 0 Å². The molecule has 7 rings (SSSR count). The Hall–Kier alpha value is -3.86. The lowest BCUT2D eigenvalue weighted by Gasteiger charge is -2.37. The van der Waals surface area contributed by atoms with Crippen LogP contribution in [0.3, 0.4) is 0 Å². The summed E-state index contributed by atoms with van der Waals surface area (Å²) in [6, 6.07) is 22.9. The van der Waals surface area contributed by atoms with Crippen LogP contribution in [0.2, 0.25) is 18.6 Å². The van der Waals surface area contributed by atoms with E-state index in [0.29, 0.717) is 49.4 Å². The Bertz CT molecular complexity index is 1730. The SMILES string of the molecule is C[C@@H]1[C@@H]([Si](C)(C)F)[C@H](CC(=O)N2Cc3ccccc3C[C@H]2CO)O[C@@]12C(=O)N(Cc1ccccc1)c1ccc(N3CCCCC3=O)cc12. The molecule has 0 bridgehead atoms. The van der Waals surface area contributed by atoms with E-state index in [4.69, 9.17) is 4.74 Å². The number of aliphatic hydroxyl groups is 1. The van der Waals surface area contributed by atoms with Crippen LogP contribution in [-0.2, 0) is 44.2 Å². The van der Waals surface area contributed by atoms with Crippen LogP contribution >= 0.6 is 0 Å². The standard InChI is InChI=1S/C38H44FN3O5Si/c1-25-36(48(2,3)39)33(21-35(45)41-23-28-14-8-7-13-27(28)19-30(41)24-43)47-38(25)31-20-29(40-18-10-9-15-34(40)44)16-17-32(31)42(37(38)46)22-26-11-5-4-6-12-26/h4-8,11-14,16-17,20,25,30,33,36,43H,9-10,15,18-19,21-24H2,1-3H3/t25-,30+,33+,36-,38+/m1/s1. The number of ether oxygens (including phenoxy) is 1. The number of aliphatic hydroxyl groups excluding tert-OH is 1. The van der Waals surface area contributed by atoms with Crippen LogP contribution in [0.15, 0.2) is 72.8 Å². The first kappa shape index (κ1) is 32.7. The van der Waals surface area contributed by atoms with Gasteiger partial charge in [-0.2, -0.15) is 0 Å². The van der Waals surface area contributed by atoms with E-state index in [-0.39, 0.29) is 30.7 Å². The summed E-state index contributed by atoms with van der Waals surface area (Å²) in [6.07, 6.45) is 1.81. The number of benzene rings is 3. The number of hydrogen-bond donors (Lipinski definition) is 1. The van der Waals surface area contributed by atoms with E-state index in [9.17, 15) is 19.5 Å². The summed E-state index contributed by atoms with van der Waals surface area (Å²) in [5.41, 5.74) is 2.92. The van der Waals surface area contributed by atoms with Crippen molar-refractivity contribution in [1.82, 2.24) is 4.90 Å². The molecule has 0 radical (unpaired) electrons. The Kier molecular flexibility index (Phi) is 8.54. The Labute approximate surface area is 282 Å². The van der Waals surface area contributed by atoms with Crippen molar-refractivity contribution in [3.8, 4) is 0 Å². The molecule has 1 spiro atoms. The van der Waals surface area contributed by atoms with Gasteiger partial charge in [-0.25, -0.2) is 0 Å². The van der Waals surface area contributed by atoms with Gasteiger partial charge >= 0.3 is 0 Å². The van der Waals surface area contributed by atoms with Gasteiger partial charge in [-0.05, 0) is 67.2 Å². The molecule has 2 saturated heterocycles. The van der Waals surface area contributed by atoms with Crippen molar-refractivity contribution in [2.45, 2.75) is 88.5 Å². The lowest BCUT2D eigenvalue weighted by Crippen LogP contribution is -2.48. The van der Waals surface area contributed by atoms with Crippen molar-refractivity contribution in [3.05, 3.63) is 95.1 Å². The zero-order valence-corrected chi connectivity index (χ0v) is 28.9. The largest absolute Gasteiger partial charge is 0.394 e. The molecule has 10 heteroatoms. The lowest BCUT2D eigenvalue weighted by molar-refractivity contribution is -0.151. The third-order valence-corrected chi connectivity index (χ3v) is 13.5. The zero-order chi connectivity index (χ0) is 33.8. The van der Waals surface area contributed by atoms with Crippen molar-refractivity contribution >= 4 is 37.5 Å². The van der Waals surface area contributed by atoms with Gasteiger partial charge in [-0.15, -0.1) is 0 Å². The van der Waals surface area contributed by atoms with Gasteiger partial charge in [0.05, 0.1) is 37.4 Å². The highest BCUT2D eigenvalue weighted by molar-refractivity contribution is 6.72. The molecule has 5 atom stereocenters. The second-order valence-corrected chi connectivity index (χ2v) is 18.2. The summed E-state index contributed by atoms with van der Waals surface area (Å²) in [4.78, 5) is 47.2. The van der Waals surface area contributed by atoms with Gasteiger partial charge in [-0.1, -0.05) is 61.5 Å². The number of carbonyl (C=O) groups excluding carboxylic acids is 3. The Morgan fingerprint density at radius 2 is 1.75 bits per heavy atom. The van der Waals surface area contributed by atoms with Crippen LogP contribution in [-0.4, -0.2) is 61.4 Å². The van der Waals surface area contributed by atoms with Gasteiger partial charge in [0.2, 0.25) is 20.2 Å². The second-order valence-electron chi connectivity index (χ2n) is 14.4. The number of nitrogens with zero attached hydrogens (tertiary/aromatic N) is 3. The van der Waals surface area contributed by atoms with Crippen LogP contribution in [0.25, 0.3) is 0 Å². The molecule has 48 heavy (non-hydrogen) atoms. The number of amides is 3. The first-order valence-corrected chi connectivity index (χ1v) is 20.1. The average molecular weight is 670 g/mol. The molecule has 8 nitrogen and oxygen atoms in total. The highest BCUT2D eigenvalue weighted by Crippen LogP contribution is 2.61. The van der Waals surface area contributed by atoms with E-state index < -0.39 is 37.6 Å². The maximum absolute atomic E-state index is 16.5. The lowest BCUT2D eigenvalue weighted by atomic mass is 9.82. The van der Waals surface area contributed by atoms with Crippen molar-refractivity contribution < 1.29 is 28.3 Å². The average Bonchev–Trinajstić information content (AvgIpc) is 3.50. The van der Waals surface area contributed by atoms with E-state index in [1.807, 2.05) is 79.7 Å². The Morgan fingerprint density at radius 3 is 2.46 bits per heavy atom. The topological polar surface area (TPSA) is 90.4 Å². The number of rotatable bonds is 7. The maximum atomic E-state index is 16.5. The molecule has 3 aromatic rings. The fraction of sp³-hybridized carbons (Fsp3) is 0.447. The third-order valence-electron chi connectivity index (χ3n) is 11.0. The molecular formula is C38H44FN3O5Si. The van der Waals surface area contributed by atoms with E-state index in [0.717, 1.165) is 29.5 Å². The van der Waals surface area contributed by atoms with Crippen molar-refractivity contribution in [3.63, 3.8) is 0 Å². The highest BCUT2D eigenvalue weighted by atomic mass is 28.4. The number of hydrogen-bond acceptors (Lipinski definition) is 5. The summed E-state index contributed by atoms with van der Waals surface area (Å²) in [7, 11) is -3.53. The van der Waals surface area contributed by atoms with E-state index >= 15 is 4.11 Å². The van der Waals surface area contributed by atoms with Gasteiger partial charge in [0.1, 0.15) is 0 Å². The van der Waals surface area contributed by atoms with Gasteiger partial charge < -0.3 is 28.7 Å². The number of anilines is 2. The minimum atomic E-state index is -3.53. The predicted molar refractivity (Wildman–Crippen MR) is 185 cm³/mol. The van der Waals surface area contributed by atoms with Gasteiger partial charge in [0.25, 0.3) is 5.91 Å². The van der Waals surface area contributed by atoms with E-state index in [1.165, 1.54) is 0 Å². The molecule has 0 aromatic heterocycles. The summed E-state index contributed by atoms with van der Waals surface area (Å²) in [5.74, 6) is -1.02. The molecule has 1 N–H and O–H groups in total. The minimum Gasteiger partial charge on any atom is -0.394 e.